The van der Waals surface area contributed by atoms with Gasteiger partial charge in [-0.05, 0) is 32.3 Å². The molecule has 3 atom stereocenters. The topological polar surface area (TPSA) is 142 Å². The summed E-state index contributed by atoms with van der Waals surface area (Å²) in [5.41, 5.74) is 1.90. The van der Waals surface area contributed by atoms with Crippen molar-refractivity contribution < 1.29 is 33.9 Å². The predicted molar refractivity (Wildman–Crippen MR) is 112 cm³/mol. The minimum Gasteiger partial charge on any atom is -0.465 e. The van der Waals surface area contributed by atoms with Gasteiger partial charge in [-0.3, -0.25) is 9.59 Å². The number of benzene rings is 1. The van der Waals surface area contributed by atoms with Crippen molar-refractivity contribution in [3.05, 3.63) is 41.2 Å². The van der Waals surface area contributed by atoms with Crippen LogP contribution in [0.1, 0.15) is 41.4 Å². The maximum absolute atomic E-state index is 12.3. The molecule has 1 aromatic carbocycles. The van der Waals surface area contributed by atoms with Crippen molar-refractivity contribution in [1.29, 1.82) is 0 Å². The molecule has 10 nitrogen and oxygen atoms in total. The highest BCUT2D eigenvalue weighted by atomic mass is 16.5. The second kappa shape index (κ2) is 9.92. The monoisotopic (exact) mass is 445 g/mol. The number of amides is 2. The molecule has 32 heavy (non-hydrogen) atoms. The van der Waals surface area contributed by atoms with Gasteiger partial charge in [0, 0.05) is 24.7 Å². The first-order valence-electron chi connectivity index (χ1n) is 10.3. The van der Waals surface area contributed by atoms with Crippen LogP contribution in [0.25, 0.3) is 11.3 Å². The summed E-state index contributed by atoms with van der Waals surface area (Å²) in [7, 11) is 1.27. The van der Waals surface area contributed by atoms with Crippen LogP contribution in [0.15, 0.2) is 28.8 Å². The van der Waals surface area contributed by atoms with E-state index in [9.17, 15) is 24.6 Å². The Bertz CT molecular complexity index is 986. The van der Waals surface area contributed by atoms with Crippen LogP contribution in [0, 0.1) is 6.92 Å². The standard InChI is InChI=1S/C22H27N3O7/c1-12-5-4-10-25(12)21(29)19(27)18(26)20(28)23-11-14-6-8-15(9-7-14)17-16(22(30)31-3)13(2)32-24-17/h6-9,12,18-19,26-27H,4-5,10-11H2,1-3H3,(H,23,28)/t12-,18+,19+/m0/s1. The van der Waals surface area contributed by atoms with E-state index < -0.39 is 30.0 Å². The van der Waals surface area contributed by atoms with E-state index in [2.05, 4.69) is 10.5 Å². The van der Waals surface area contributed by atoms with E-state index in [4.69, 9.17) is 9.26 Å². The third-order valence-electron chi connectivity index (χ3n) is 5.60. The van der Waals surface area contributed by atoms with E-state index in [0.717, 1.165) is 12.8 Å². The van der Waals surface area contributed by atoms with Crippen molar-refractivity contribution in [3.8, 4) is 11.3 Å². The maximum atomic E-state index is 12.3. The largest absolute Gasteiger partial charge is 0.465 e. The lowest BCUT2D eigenvalue weighted by atomic mass is 10.0. The van der Waals surface area contributed by atoms with Gasteiger partial charge in [0.15, 0.2) is 12.2 Å². The Kier molecular flexibility index (Phi) is 7.26. The van der Waals surface area contributed by atoms with Crippen LogP contribution in [0.5, 0.6) is 0 Å². The van der Waals surface area contributed by atoms with Gasteiger partial charge < -0.3 is 29.7 Å². The molecular weight excluding hydrogens is 418 g/mol. The molecule has 1 aliphatic heterocycles. The van der Waals surface area contributed by atoms with Gasteiger partial charge in [0.25, 0.3) is 11.8 Å². The first-order valence-corrected chi connectivity index (χ1v) is 10.3. The lowest BCUT2D eigenvalue weighted by molar-refractivity contribution is -0.153. The molecule has 0 radical (unpaired) electrons. The van der Waals surface area contributed by atoms with E-state index >= 15 is 0 Å². The average molecular weight is 445 g/mol. The number of rotatable bonds is 7. The lowest BCUT2D eigenvalue weighted by Crippen LogP contribution is -2.51. The number of esters is 1. The fourth-order valence-corrected chi connectivity index (χ4v) is 3.69. The molecule has 0 saturated carbocycles. The Hall–Kier alpha value is -3.24. The van der Waals surface area contributed by atoms with Gasteiger partial charge in [-0.25, -0.2) is 4.79 Å². The van der Waals surface area contributed by atoms with E-state index in [1.165, 1.54) is 12.0 Å². The number of nitrogens with one attached hydrogen (secondary N) is 1. The molecule has 1 fully saturated rings. The van der Waals surface area contributed by atoms with Crippen molar-refractivity contribution in [2.75, 3.05) is 13.7 Å². The number of aliphatic hydroxyl groups is 2. The molecule has 3 N–H and O–H groups in total. The van der Waals surface area contributed by atoms with E-state index in [0.29, 0.717) is 29.1 Å². The number of aryl methyl sites for hydroxylation is 1. The number of carbonyl (C=O) groups is 3. The van der Waals surface area contributed by atoms with Gasteiger partial charge in [0.1, 0.15) is 17.0 Å². The number of hydrogen-bond donors (Lipinski definition) is 3. The predicted octanol–water partition coefficient (Wildman–Crippen LogP) is 0.786. The lowest BCUT2D eigenvalue weighted by Gasteiger charge is -2.26. The van der Waals surface area contributed by atoms with Gasteiger partial charge >= 0.3 is 5.97 Å². The summed E-state index contributed by atoms with van der Waals surface area (Å²) in [5.74, 6) is -1.71. The summed E-state index contributed by atoms with van der Waals surface area (Å²) < 4.78 is 9.87. The fraction of sp³-hybridized carbons (Fsp3) is 0.455. The molecule has 1 saturated heterocycles. The maximum Gasteiger partial charge on any atom is 0.343 e. The van der Waals surface area contributed by atoms with Gasteiger partial charge in [0.05, 0.1) is 7.11 Å². The van der Waals surface area contributed by atoms with Crippen LogP contribution in [0.3, 0.4) is 0 Å². The SMILES string of the molecule is COC(=O)c1c(-c2ccc(CNC(=O)[C@H](O)[C@@H](O)C(=O)N3CCC[C@@H]3C)cc2)noc1C. The van der Waals surface area contributed by atoms with Gasteiger partial charge in [-0.2, -0.15) is 0 Å². The Morgan fingerprint density at radius 1 is 1.25 bits per heavy atom. The number of hydrogen-bond acceptors (Lipinski definition) is 8. The number of aliphatic hydroxyl groups excluding tert-OH is 2. The molecule has 172 valence electrons. The summed E-state index contributed by atoms with van der Waals surface area (Å²) in [6.07, 6.45) is -2.03. The summed E-state index contributed by atoms with van der Waals surface area (Å²) in [4.78, 5) is 38.0. The zero-order chi connectivity index (χ0) is 23.4. The van der Waals surface area contributed by atoms with Crippen LogP contribution in [0.2, 0.25) is 0 Å². The van der Waals surface area contributed by atoms with Gasteiger partial charge in [-0.15, -0.1) is 0 Å². The number of carbonyl (C=O) groups excluding carboxylic acids is 3. The Balaban J connectivity index is 1.60. The van der Waals surface area contributed by atoms with Crippen LogP contribution >= 0.6 is 0 Å². The molecule has 0 unspecified atom stereocenters. The number of aromatic nitrogens is 1. The summed E-state index contributed by atoms with van der Waals surface area (Å²) in [5, 5.41) is 26.7. The molecule has 10 heteroatoms. The van der Waals surface area contributed by atoms with E-state index in [1.807, 2.05) is 6.92 Å². The quantitative estimate of drug-likeness (QED) is 0.531. The second-order valence-corrected chi connectivity index (χ2v) is 7.78. The van der Waals surface area contributed by atoms with Crippen molar-refractivity contribution in [3.63, 3.8) is 0 Å². The second-order valence-electron chi connectivity index (χ2n) is 7.78. The van der Waals surface area contributed by atoms with Crippen LogP contribution in [-0.2, 0) is 20.9 Å². The molecule has 1 aliphatic rings. The van der Waals surface area contributed by atoms with Crippen molar-refractivity contribution in [1.82, 2.24) is 15.4 Å². The summed E-state index contributed by atoms with van der Waals surface area (Å²) >= 11 is 0. The molecule has 3 rings (SSSR count). The third kappa shape index (κ3) is 4.81. The van der Waals surface area contributed by atoms with Gasteiger partial charge in [0.2, 0.25) is 0 Å². The first-order chi connectivity index (χ1) is 15.2. The van der Waals surface area contributed by atoms with Crippen molar-refractivity contribution >= 4 is 17.8 Å². The molecule has 0 aliphatic carbocycles. The molecule has 1 aromatic heterocycles. The average Bonchev–Trinajstić information content (AvgIpc) is 3.41. The number of methoxy groups -OCH3 is 1. The Morgan fingerprint density at radius 2 is 1.94 bits per heavy atom. The highest BCUT2D eigenvalue weighted by molar-refractivity contribution is 5.97. The number of nitrogens with zero attached hydrogens (tertiary/aromatic N) is 2. The minimum absolute atomic E-state index is 0.0286. The highest BCUT2D eigenvalue weighted by Gasteiger charge is 2.36. The molecule has 2 aromatic rings. The minimum atomic E-state index is -1.87. The molecule has 0 bridgehead atoms. The zero-order valence-corrected chi connectivity index (χ0v) is 18.2. The van der Waals surface area contributed by atoms with Crippen LogP contribution < -0.4 is 5.32 Å². The third-order valence-corrected chi connectivity index (χ3v) is 5.60. The van der Waals surface area contributed by atoms with Gasteiger partial charge in [-0.1, -0.05) is 29.4 Å². The zero-order valence-electron chi connectivity index (χ0n) is 18.2. The van der Waals surface area contributed by atoms with Crippen LogP contribution in [0.4, 0.5) is 0 Å². The molecular formula is C22H27N3O7. The molecule has 2 heterocycles. The Morgan fingerprint density at radius 3 is 2.53 bits per heavy atom. The summed E-state index contributed by atoms with van der Waals surface area (Å²) in [6.45, 7) is 4.04. The van der Waals surface area contributed by atoms with E-state index in [1.54, 1.807) is 31.2 Å². The van der Waals surface area contributed by atoms with E-state index in [-0.39, 0.29) is 18.2 Å². The van der Waals surface area contributed by atoms with Crippen molar-refractivity contribution in [2.45, 2.75) is 51.5 Å². The summed E-state index contributed by atoms with van der Waals surface area (Å²) in [6, 6.07) is 6.80. The first kappa shape index (κ1) is 23.4. The van der Waals surface area contributed by atoms with Crippen molar-refractivity contribution in [2.24, 2.45) is 0 Å². The number of ether oxygens (including phenoxy) is 1. The molecule has 2 amide bonds. The highest BCUT2D eigenvalue weighted by Crippen LogP contribution is 2.26. The fourth-order valence-electron chi connectivity index (χ4n) is 3.69. The Labute approximate surface area is 185 Å². The normalized spacial score (nSPS) is 17.7. The number of likely N-dealkylation sites (tertiary alicyclic amines) is 1. The smallest absolute Gasteiger partial charge is 0.343 e. The van der Waals surface area contributed by atoms with Crippen LogP contribution in [-0.4, -0.2) is 70.0 Å². The molecule has 0 spiro atoms.